The van der Waals surface area contributed by atoms with Crippen molar-refractivity contribution in [2.75, 3.05) is 6.54 Å². The molecule has 22 heavy (non-hydrogen) atoms. The van der Waals surface area contributed by atoms with Crippen molar-refractivity contribution >= 4 is 6.09 Å². The van der Waals surface area contributed by atoms with Gasteiger partial charge < -0.3 is 15.4 Å². The van der Waals surface area contributed by atoms with Crippen LogP contribution in [-0.2, 0) is 4.74 Å². The smallest absolute Gasteiger partial charge is 0.407 e. The molecule has 0 saturated heterocycles. The van der Waals surface area contributed by atoms with E-state index in [2.05, 4.69) is 10.6 Å². The highest BCUT2D eigenvalue weighted by atomic mass is 19.1. The standard InChI is InChI=1S/C16H24F2N2O2/c1-10(9-19-15(21)22-16(3,4)5)20-11(2)14-12(17)7-6-8-13(14)18/h6-8,10-11,20H,9H2,1-5H3,(H,19,21). The van der Waals surface area contributed by atoms with Crippen molar-refractivity contribution < 1.29 is 18.3 Å². The van der Waals surface area contributed by atoms with Crippen LogP contribution in [-0.4, -0.2) is 24.3 Å². The maximum atomic E-state index is 13.7. The Morgan fingerprint density at radius 1 is 1.23 bits per heavy atom. The molecular weight excluding hydrogens is 290 g/mol. The number of alkyl carbamates (subject to hydrolysis) is 1. The molecule has 0 radical (unpaired) electrons. The van der Waals surface area contributed by atoms with E-state index in [0.29, 0.717) is 0 Å². The Labute approximate surface area is 130 Å². The van der Waals surface area contributed by atoms with Crippen molar-refractivity contribution in [1.29, 1.82) is 0 Å². The normalized spacial score (nSPS) is 14.3. The molecule has 124 valence electrons. The lowest BCUT2D eigenvalue weighted by Crippen LogP contribution is -2.42. The summed E-state index contributed by atoms with van der Waals surface area (Å²) in [7, 11) is 0. The highest BCUT2D eigenvalue weighted by molar-refractivity contribution is 5.67. The van der Waals surface area contributed by atoms with Crippen molar-refractivity contribution in [3.05, 3.63) is 35.4 Å². The lowest BCUT2D eigenvalue weighted by molar-refractivity contribution is 0.0522. The third-order valence-corrected chi connectivity index (χ3v) is 2.92. The first kappa shape index (κ1) is 18.4. The van der Waals surface area contributed by atoms with Crippen LogP contribution in [0.1, 0.15) is 46.2 Å². The zero-order valence-electron chi connectivity index (χ0n) is 13.7. The van der Waals surface area contributed by atoms with Crippen molar-refractivity contribution in [1.82, 2.24) is 10.6 Å². The van der Waals surface area contributed by atoms with Gasteiger partial charge in [0.1, 0.15) is 17.2 Å². The lowest BCUT2D eigenvalue weighted by Gasteiger charge is -2.23. The molecule has 0 fully saturated rings. The Bertz CT molecular complexity index is 495. The van der Waals surface area contributed by atoms with E-state index < -0.39 is 29.4 Å². The third kappa shape index (κ3) is 5.97. The highest BCUT2D eigenvalue weighted by Gasteiger charge is 2.19. The van der Waals surface area contributed by atoms with Crippen LogP contribution < -0.4 is 10.6 Å². The number of halogens is 2. The first-order chi connectivity index (χ1) is 10.1. The number of hydrogen-bond donors (Lipinski definition) is 2. The number of benzene rings is 1. The zero-order valence-corrected chi connectivity index (χ0v) is 13.7. The second kappa shape index (κ2) is 7.54. The molecule has 1 rings (SSSR count). The van der Waals surface area contributed by atoms with Crippen molar-refractivity contribution in [2.24, 2.45) is 0 Å². The second-order valence-corrected chi connectivity index (χ2v) is 6.31. The number of amides is 1. The molecule has 0 bridgehead atoms. The van der Waals surface area contributed by atoms with Crippen LogP contribution in [0.15, 0.2) is 18.2 Å². The number of carbonyl (C=O) groups is 1. The maximum absolute atomic E-state index is 13.7. The maximum Gasteiger partial charge on any atom is 0.407 e. The monoisotopic (exact) mass is 314 g/mol. The molecule has 0 saturated carbocycles. The Morgan fingerprint density at radius 3 is 2.27 bits per heavy atom. The fourth-order valence-corrected chi connectivity index (χ4v) is 2.04. The van der Waals surface area contributed by atoms with Crippen molar-refractivity contribution in [3.63, 3.8) is 0 Å². The zero-order chi connectivity index (χ0) is 16.9. The number of hydrogen-bond acceptors (Lipinski definition) is 3. The molecule has 6 heteroatoms. The van der Waals surface area contributed by atoms with Gasteiger partial charge in [-0.25, -0.2) is 13.6 Å². The summed E-state index contributed by atoms with van der Waals surface area (Å²) in [6, 6.07) is 3.08. The van der Waals surface area contributed by atoms with Crippen LogP contribution in [0.5, 0.6) is 0 Å². The van der Waals surface area contributed by atoms with Gasteiger partial charge in [-0.1, -0.05) is 6.07 Å². The quantitative estimate of drug-likeness (QED) is 0.874. The first-order valence-corrected chi connectivity index (χ1v) is 7.27. The Kier molecular flexibility index (Phi) is 6.29. The SMILES string of the molecule is CC(CNC(=O)OC(C)(C)C)NC(C)c1c(F)cccc1F. The summed E-state index contributed by atoms with van der Waals surface area (Å²) in [6.45, 7) is 9.10. The molecule has 0 heterocycles. The summed E-state index contributed by atoms with van der Waals surface area (Å²) in [5.41, 5.74) is -0.573. The molecule has 4 nitrogen and oxygen atoms in total. The van der Waals surface area contributed by atoms with Gasteiger partial charge in [0.15, 0.2) is 0 Å². The molecule has 1 aromatic rings. The summed E-state index contributed by atoms with van der Waals surface area (Å²) in [5.74, 6) is -1.18. The van der Waals surface area contributed by atoms with Gasteiger partial charge >= 0.3 is 6.09 Å². The van der Waals surface area contributed by atoms with Gasteiger partial charge in [0.2, 0.25) is 0 Å². The first-order valence-electron chi connectivity index (χ1n) is 7.27. The molecule has 2 N–H and O–H groups in total. The third-order valence-electron chi connectivity index (χ3n) is 2.92. The summed E-state index contributed by atoms with van der Waals surface area (Å²) >= 11 is 0. The molecule has 0 aliphatic rings. The Morgan fingerprint density at radius 2 is 1.77 bits per heavy atom. The largest absolute Gasteiger partial charge is 0.444 e. The van der Waals surface area contributed by atoms with Crippen LogP contribution in [0.3, 0.4) is 0 Å². The van der Waals surface area contributed by atoms with E-state index in [-0.39, 0.29) is 18.2 Å². The molecule has 0 aliphatic carbocycles. The average molecular weight is 314 g/mol. The molecule has 0 spiro atoms. The molecule has 0 aromatic heterocycles. The minimum Gasteiger partial charge on any atom is -0.444 e. The topological polar surface area (TPSA) is 50.4 Å². The van der Waals surface area contributed by atoms with E-state index in [1.165, 1.54) is 18.2 Å². The van der Waals surface area contributed by atoms with Gasteiger partial charge in [-0.2, -0.15) is 0 Å². The summed E-state index contributed by atoms with van der Waals surface area (Å²) in [4.78, 5) is 11.5. The number of carbonyl (C=O) groups excluding carboxylic acids is 1. The molecule has 2 atom stereocenters. The predicted molar refractivity (Wildman–Crippen MR) is 81.6 cm³/mol. The number of ether oxygens (including phenoxy) is 1. The summed E-state index contributed by atoms with van der Waals surface area (Å²) in [6.07, 6.45) is -0.522. The molecule has 0 aliphatic heterocycles. The van der Waals surface area contributed by atoms with Crippen molar-refractivity contribution in [2.45, 2.75) is 52.3 Å². The number of nitrogens with one attached hydrogen (secondary N) is 2. The molecule has 1 amide bonds. The van der Waals surface area contributed by atoms with E-state index in [4.69, 9.17) is 4.74 Å². The molecule has 2 unspecified atom stereocenters. The molecular formula is C16H24F2N2O2. The van der Waals surface area contributed by atoms with Crippen LogP contribution >= 0.6 is 0 Å². The van der Waals surface area contributed by atoms with Gasteiger partial charge in [0, 0.05) is 24.2 Å². The highest BCUT2D eigenvalue weighted by Crippen LogP contribution is 2.20. The van der Waals surface area contributed by atoms with Crippen molar-refractivity contribution in [3.8, 4) is 0 Å². The van der Waals surface area contributed by atoms with E-state index in [0.717, 1.165) is 0 Å². The van der Waals surface area contributed by atoms with Gasteiger partial charge in [0.25, 0.3) is 0 Å². The fourth-order valence-electron chi connectivity index (χ4n) is 2.04. The summed E-state index contributed by atoms with van der Waals surface area (Å²) in [5, 5.41) is 5.66. The van der Waals surface area contributed by atoms with E-state index >= 15 is 0 Å². The minimum atomic E-state index is -0.590. The van der Waals surface area contributed by atoms with Gasteiger partial charge in [-0.3, -0.25) is 0 Å². The predicted octanol–water partition coefficient (Wildman–Crippen LogP) is 3.53. The van der Waals surface area contributed by atoms with Gasteiger partial charge in [0.05, 0.1) is 0 Å². The lowest BCUT2D eigenvalue weighted by atomic mass is 10.1. The Balaban J connectivity index is 2.51. The number of rotatable bonds is 5. The van der Waals surface area contributed by atoms with E-state index in [9.17, 15) is 13.6 Å². The Hall–Kier alpha value is -1.69. The van der Waals surface area contributed by atoms with Gasteiger partial charge in [-0.05, 0) is 46.8 Å². The average Bonchev–Trinajstić information content (AvgIpc) is 2.34. The molecule has 1 aromatic carbocycles. The minimum absolute atomic E-state index is 0.00776. The van der Waals surface area contributed by atoms with Crippen LogP contribution in [0.25, 0.3) is 0 Å². The van der Waals surface area contributed by atoms with E-state index in [1.807, 2.05) is 6.92 Å². The van der Waals surface area contributed by atoms with Crippen LogP contribution in [0.4, 0.5) is 13.6 Å². The fraction of sp³-hybridized carbons (Fsp3) is 0.562. The van der Waals surface area contributed by atoms with Gasteiger partial charge in [-0.15, -0.1) is 0 Å². The van der Waals surface area contributed by atoms with Crippen LogP contribution in [0, 0.1) is 11.6 Å². The van der Waals surface area contributed by atoms with E-state index in [1.54, 1.807) is 27.7 Å². The summed E-state index contributed by atoms with van der Waals surface area (Å²) < 4.78 is 32.5. The second-order valence-electron chi connectivity index (χ2n) is 6.31. The van der Waals surface area contributed by atoms with Crippen LogP contribution in [0.2, 0.25) is 0 Å².